The molecule has 1 aromatic rings. The van der Waals surface area contributed by atoms with Crippen LogP contribution >= 0.6 is 11.6 Å². The SMILES string of the molecule is CC(=CC(C)(C)Cl)c1ccccc1. The fourth-order valence-electron chi connectivity index (χ4n) is 1.30. The molecule has 0 fully saturated rings. The monoisotopic (exact) mass is 194 g/mol. The Bertz CT molecular complexity index is 291. The normalized spacial score (nSPS) is 13.1. The molecule has 70 valence electrons. The van der Waals surface area contributed by atoms with Crippen molar-refractivity contribution < 1.29 is 0 Å². The van der Waals surface area contributed by atoms with Gasteiger partial charge >= 0.3 is 0 Å². The molecular weight excluding hydrogens is 180 g/mol. The molecule has 0 saturated carbocycles. The van der Waals surface area contributed by atoms with Crippen LogP contribution in [0.25, 0.3) is 5.57 Å². The van der Waals surface area contributed by atoms with Gasteiger partial charge in [0.15, 0.2) is 0 Å². The number of hydrogen-bond donors (Lipinski definition) is 0. The van der Waals surface area contributed by atoms with Gasteiger partial charge in [0.25, 0.3) is 0 Å². The van der Waals surface area contributed by atoms with E-state index < -0.39 is 0 Å². The number of rotatable bonds is 2. The Balaban J connectivity index is 2.92. The van der Waals surface area contributed by atoms with Crippen molar-refractivity contribution in [3.63, 3.8) is 0 Å². The van der Waals surface area contributed by atoms with E-state index in [-0.39, 0.29) is 4.87 Å². The predicted octanol–water partition coefficient (Wildman–Crippen LogP) is 4.11. The average Bonchev–Trinajstić information content (AvgIpc) is 2.03. The summed E-state index contributed by atoms with van der Waals surface area (Å²) in [5.74, 6) is 0. The van der Waals surface area contributed by atoms with Crippen molar-refractivity contribution in [3.05, 3.63) is 42.0 Å². The van der Waals surface area contributed by atoms with E-state index in [2.05, 4.69) is 25.1 Å². The molecule has 0 saturated heterocycles. The van der Waals surface area contributed by atoms with Crippen LogP contribution < -0.4 is 0 Å². The lowest BCUT2D eigenvalue weighted by Gasteiger charge is -2.11. The van der Waals surface area contributed by atoms with Crippen LogP contribution in [0.15, 0.2) is 36.4 Å². The molecule has 0 aliphatic heterocycles. The van der Waals surface area contributed by atoms with E-state index in [1.807, 2.05) is 32.0 Å². The van der Waals surface area contributed by atoms with Gasteiger partial charge in [0.1, 0.15) is 0 Å². The van der Waals surface area contributed by atoms with Crippen LogP contribution in [0.3, 0.4) is 0 Å². The van der Waals surface area contributed by atoms with Gasteiger partial charge in [-0.25, -0.2) is 0 Å². The maximum atomic E-state index is 6.10. The minimum atomic E-state index is -0.264. The summed E-state index contributed by atoms with van der Waals surface area (Å²) in [6.07, 6.45) is 2.07. The molecule has 0 radical (unpaired) electrons. The number of hydrogen-bond acceptors (Lipinski definition) is 0. The second-order valence-electron chi connectivity index (χ2n) is 3.76. The van der Waals surface area contributed by atoms with E-state index in [9.17, 15) is 0 Å². The lowest BCUT2D eigenvalue weighted by atomic mass is 10.0. The van der Waals surface area contributed by atoms with Crippen molar-refractivity contribution in [2.75, 3.05) is 0 Å². The third-order valence-corrected chi connectivity index (χ3v) is 1.90. The maximum Gasteiger partial charge on any atom is 0.0575 e. The standard InChI is InChI=1S/C12H15Cl/c1-10(9-12(2,3)13)11-7-5-4-6-8-11/h4-9H,1-3H3. The predicted molar refractivity (Wildman–Crippen MR) is 60.0 cm³/mol. The molecule has 0 aliphatic carbocycles. The zero-order chi connectivity index (χ0) is 9.90. The smallest absolute Gasteiger partial charge is 0.0575 e. The van der Waals surface area contributed by atoms with Crippen molar-refractivity contribution in [1.82, 2.24) is 0 Å². The van der Waals surface area contributed by atoms with Gasteiger partial charge in [0.05, 0.1) is 4.87 Å². The summed E-state index contributed by atoms with van der Waals surface area (Å²) in [6.45, 7) is 6.06. The van der Waals surface area contributed by atoms with E-state index >= 15 is 0 Å². The first-order chi connectivity index (χ1) is 5.99. The quantitative estimate of drug-likeness (QED) is 0.622. The summed E-state index contributed by atoms with van der Waals surface area (Å²) >= 11 is 6.10. The van der Waals surface area contributed by atoms with Crippen LogP contribution in [0.5, 0.6) is 0 Å². The number of allylic oxidation sites excluding steroid dienone is 2. The Hall–Kier alpha value is -0.750. The van der Waals surface area contributed by atoms with Crippen LogP contribution in [0.4, 0.5) is 0 Å². The van der Waals surface area contributed by atoms with Gasteiger partial charge in [-0.2, -0.15) is 0 Å². The van der Waals surface area contributed by atoms with Crippen molar-refractivity contribution in [2.24, 2.45) is 0 Å². The van der Waals surface area contributed by atoms with E-state index in [0.717, 1.165) is 0 Å². The zero-order valence-electron chi connectivity index (χ0n) is 8.34. The Labute approximate surface area is 85.2 Å². The van der Waals surface area contributed by atoms with Crippen LogP contribution in [-0.2, 0) is 0 Å². The van der Waals surface area contributed by atoms with E-state index in [1.165, 1.54) is 11.1 Å². The molecule has 0 bridgehead atoms. The molecule has 0 aromatic heterocycles. The Morgan fingerprint density at radius 2 is 1.77 bits per heavy atom. The van der Waals surface area contributed by atoms with Crippen molar-refractivity contribution in [1.29, 1.82) is 0 Å². The van der Waals surface area contributed by atoms with Crippen molar-refractivity contribution in [2.45, 2.75) is 25.6 Å². The summed E-state index contributed by atoms with van der Waals surface area (Å²) in [5.41, 5.74) is 2.46. The van der Waals surface area contributed by atoms with Crippen LogP contribution in [0, 0.1) is 0 Å². The minimum absolute atomic E-state index is 0.264. The highest BCUT2D eigenvalue weighted by Crippen LogP contribution is 2.21. The number of benzene rings is 1. The summed E-state index contributed by atoms with van der Waals surface area (Å²) in [7, 11) is 0. The van der Waals surface area contributed by atoms with Crippen molar-refractivity contribution >= 4 is 17.2 Å². The topological polar surface area (TPSA) is 0 Å². The van der Waals surface area contributed by atoms with Gasteiger partial charge in [0, 0.05) is 0 Å². The lowest BCUT2D eigenvalue weighted by molar-refractivity contribution is 0.883. The molecule has 0 spiro atoms. The summed E-state index contributed by atoms with van der Waals surface area (Å²) in [4.78, 5) is -0.264. The Morgan fingerprint density at radius 1 is 1.23 bits per heavy atom. The van der Waals surface area contributed by atoms with Gasteiger partial charge in [0.2, 0.25) is 0 Å². The zero-order valence-corrected chi connectivity index (χ0v) is 9.10. The highest BCUT2D eigenvalue weighted by Gasteiger charge is 2.09. The second kappa shape index (κ2) is 3.97. The molecule has 0 unspecified atom stereocenters. The highest BCUT2D eigenvalue weighted by molar-refractivity contribution is 6.25. The van der Waals surface area contributed by atoms with Gasteiger partial charge < -0.3 is 0 Å². The summed E-state index contributed by atoms with van der Waals surface area (Å²) < 4.78 is 0. The molecule has 1 aromatic carbocycles. The molecule has 1 rings (SSSR count). The summed E-state index contributed by atoms with van der Waals surface area (Å²) in [6, 6.07) is 10.3. The van der Waals surface area contributed by atoms with Crippen LogP contribution in [0.2, 0.25) is 0 Å². The second-order valence-corrected chi connectivity index (χ2v) is 4.73. The van der Waals surface area contributed by atoms with Crippen LogP contribution in [-0.4, -0.2) is 4.87 Å². The lowest BCUT2D eigenvalue weighted by Crippen LogP contribution is -2.05. The van der Waals surface area contributed by atoms with Crippen molar-refractivity contribution in [3.8, 4) is 0 Å². The molecule has 0 heterocycles. The minimum Gasteiger partial charge on any atom is -0.115 e. The molecule has 0 nitrogen and oxygen atoms in total. The van der Waals surface area contributed by atoms with E-state index in [0.29, 0.717) is 0 Å². The molecule has 0 atom stereocenters. The molecular formula is C12H15Cl. The van der Waals surface area contributed by atoms with E-state index in [4.69, 9.17) is 11.6 Å². The molecule has 1 heteroatoms. The average molecular weight is 195 g/mol. The maximum absolute atomic E-state index is 6.10. The first-order valence-corrected chi connectivity index (χ1v) is 4.80. The molecule has 13 heavy (non-hydrogen) atoms. The van der Waals surface area contributed by atoms with Gasteiger partial charge in [-0.05, 0) is 31.9 Å². The largest absolute Gasteiger partial charge is 0.115 e. The van der Waals surface area contributed by atoms with Gasteiger partial charge in [-0.1, -0.05) is 36.4 Å². The highest BCUT2D eigenvalue weighted by atomic mass is 35.5. The number of halogens is 1. The van der Waals surface area contributed by atoms with E-state index in [1.54, 1.807) is 0 Å². The third kappa shape index (κ3) is 3.65. The Kier molecular flexibility index (Phi) is 3.16. The first-order valence-electron chi connectivity index (χ1n) is 4.43. The fraction of sp³-hybridized carbons (Fsp3) is 0.333. The summed E-state index contributed by atoms with van der Waals surface area (Å²) in [5, 5.41) is 0. The Morgan fingerprint density at radius 3 is 2.23 bits per heavy atom. The van der Waals surface area contributed by atoms with Gasteiger partial charge in [-0.3, -0.25) is 0 Å². The molecule has 0 aliphatic rings. The fourth-order valence-corrected chi connectivity index (χ4v) is 1.46. The molecule has 0 amide bonds. The van der Waals surface area contributed by atoms with Crippen LogP contribution in [0.1, 0.15) is 26.3 Å². The third-order valence-electron chi connectivity index (χ3n) is 1.79. The molecule has 0 N–H and O–H groups in total. The van der Waals surface area contributed by atoms with Gasteiger partial charge in [-0.15, -0.1) is 11.6 Å². The number of alkyl halides is 1. The first kappa shape index (κ1) is 10.3.